The lowest BCUT2D eigenvalue weighted by Gasteiger charge is -2.11. The zero-order chi connectivity index (χ0) is 18.9. The van der Waals surface area contributed by atoms with E-state index in [0.717, 1.165) is 39.0 Å². The van der Waals surface area contributed by atoms with Gasteiger partial charge in [-0.1, -0.05) is 30.3 Å². The predicted molar refractivity (Wildman–Crippen MR) is 99.3 cm³/mol. The van der Waals surface area contributed by atoms with E-state index in [0.29, 0.717) is 11.1 Å². The van der Waals surface area contributed by atoms with Crippen LogP contribution in [0.1, 0.15) is 61.0 Å². The highest BCUT2D eigenvalue weighted by molar-refractivity contribution is 5.93. The third-order valence-electron chi connectivity index (χ3n) is 4.35. The quantitative estimate of drug-likeness (QED) is 0.779. The van der Waals surface area contributed by atoms with Gasteiger partial charge in [0.2, 0.25) is 0 Å². The Morgan fingerprint density at radius 3 is 1.48 bits per heavy atom. The van der Waals surface area contributed by atoms with Gasteiger partial charge in [-0.25, -0.2) is 9.59 Å². The van der Waals surface area contributed by atoms with Gasteiger partial charge >= 0.3 is 11.9 Å². The lowest BCUT2D eigenvalue weighted by Crippen LogP contribution is -2.04. The van der Waals surface area contributed by atoms with Crippen LogP contribution in [0, 0.1) is 27.7 Å². The van der Waals surface area contributed by atoms with Crippen molar-refractivity contribution in [3.05, 3.63) is 68.8 Å². The molecule has 130 valence electrons. The topological polar surface area (TPSA) is 74.6 Å². The number of carboxylic acids is 2. The molecule has 0 aliphatic heterocycles. The highest BCUT2D eigenvalue weighted by Gasteiger charge is 2.13. The summed E-state index contributed by atoms with van der Waals surface area (Å²) >= 11 is 0. The summed E-state index contributed by atoms with van der Waals surface area (Å²) in [5.41, 5.74) is 6.45. The molecule has 0 aliphatic carbocycles. The van der Waals surface area contributed by atoms with E-state index in [1.165, 1.54) is 0 Å². The third kappa shape index (κ3) is 3.79. The summed E-state index contributed by atoms with van der Waals surface area (Å²) in [7, 11) is 0. The van der Waals surface area contributed by atoms with E-state index in [9.17, 15) is 19.8 Å². The number of carbonyl (C=O) groups is 2. The van der Waals surface area contributed by atoms with Crippen molar-refractivity contribution >= 4 is 23.6 Å². The van der Waals surface area contributed by atoms with Crippen molar-refractivity contribution in [1.29, 1.82) is 0 Å². The van der Waals surface area contributed by atoms with Crippen molar-refractivity contribution in [3.63, 3.8) is 0 Å². The summed E-state index contributed by atoms with van der Waals surface area (Å²) in [6, 6.07) is 7.44. The Balaban J connectivity index is 2.50. The maximum absolute atomic E-state index is 11.3. The second kappa shape index (κ2) is 6.93. The molecular weight excluding hydrogens is 316 g/mol. The second-order valence-corrected chi connectivity index (χ2v) is 6.45. The summed E-state index contributed by atoms with van der Waals surface area (Å²) in [5.74, 6) is -1.84. The van der Waals surface area contributed by atoms with Gasteiger partial charge in [0.25, 0.3) is 0 Å². The first-order valence-corrected chi connectivity index (χ1v) is 7.99. The molecule has 2 rings (SSSR count). The molecule has 0 saturated heterocycles. The molecule has 0 spiro atoms. The maximum atomic E-state index is 11.3. The van der Waals surface area contributed by atoms with Crippen LogP contribution >= 0.6 is 0 Å². The molecule has 25 heavy (non-hydrogen) atoms. The molecule has 0 amide bonds. The fourth-order valence-electron chi connectivity index (χ4n) is 3.28. The number of aryl methyl sites for hydroxylation is 4. The molecule has 0 saturated carbocycles. The van der Waals surface area contributed by atoms with Gasteiger partial charge in [-0.3, -0.25) is 0 Å². The average molecular weight is 338 g/mol. The van der Waals surface area contributed by atoms with Crippen LogP contribution in [-0.2, 0) is 0 Å². The summed E-state index contributed by atoms with van der Waals surface area (Å²) in [5, 5.41) is 18.5. The molecule has 4 heteroatoms. The van der Waals surface area contributed by atoms with Gasteiger partial charge in [0.15, 0.2) is 0 Å². The summed E-state index contributed by atoms with van der Waals surface area (Å²) in [6.07, 6.45) is 1.99. The first-order valence-electron chi connectivity index (χ1n) is 7.99. The molecule has 2 aromatic carbocycles. The SMILES string of the molecule is C/C(=C\c1cc(C)c(C(=O)O)c(C)c1)c1cc(C)c(C(=O)O)c(C)c1. The van der Waals surface area contributed by atoms with Crippen LogP contribution in [0.2, 0.25) is 0 Å². The largest absolute Gasteiger partial charge is 0.478 e. The Morgan fingerprint density at radius 2 is 1.12 bits per heavy atom. The van der Waals surface area contributed by atoms with Gasteiger partial charge in [-0.15, -0.1) is 0 Å². The minimum Gasteiger partial charge on any atom is -0.478 e. The number of hydrogen-bond acceptors (Lipinski definition) is 2. The van der Waals surface area contributed by atoms with Crippen molar-refractivity contribution < 1.29 is 19.8 Å². The highest BCUT2D eigenvalue weighted by atomic mass is 16.4. The van der Waals surface area contributed by atoms with Gasteiger partial charge in [-0.2, -0.15) is 0 Å². The number of carboxylic acid groups (broad SMARTS) is 2. The fraction of sp³-hybridized carbons (Fsp3) is 0.238. The predicted octanol–water partition coefficient (Wildman–Crippen LogP) is 4.88. The number of aromatic carboxylic acids is 2. The monoisotopic (exact) mass is 338 g/mol. The molecule has 2 aromatic rings. The molecule has 0 unspecified atom stereocenters. The van der Waals surface area contributed by atoms with Gasteiger partial charge in [-0.05, 0) is 73.6 Å². The Hall–Kier alpha value is -2.88. The van der Waals surface area contributed by atoms with Crippen molar-refractivity contribution in [2.45, 2.75) is 34.6 Å². The Morgan fingerprint density at radius 1 is 0.760 bits per heavy atom. The normalized spacial score (nSPS) is 11.5. The number of rotatable bonds is 4. The minimum atomic E-state index is -0.919. The van der Waals surface area contributed by atoms with Crippen molar-refractivity contribution in [1.82, 2.24) is 0 Å². The molecule has 0 aliphatic rings. The van der Waals surface area contributed by atoms with Crippen LogP contribution in [0.4, 0.5) is 0 Å². The Bertz CT molecular complexity index is 858. The van der Waals surface area contributed by atoms with Crippen LogP contribution < -0.4 is 0 Å². The zero-order valence-electron chi connectivity index (χ0n) is 15.1. The van der Waals surface area contributed by atoms with E-state index in [1.807, 2.05) is 37.3 Å². The van der Waals surface area contributed by atoms with Gasteiger partial charge < -0.3 is 10.2 Å². The molecule has 4 nitrogen and oxygen atoms in total. The van der Waals surface area contributed by atoms with Gasteiger partial charge in [0, 0.05) is 0 Å². The summed E-state index contributed by atoms with van der Waals surface area (Å²) < 4.78 is 0. The van der Waals surface area contributed by atoms with E-state index in [4.69, 9.17) is 0 Å². The first kappa shape index (κ1) is 18.5. The van der Waals surface area contributed by atoms with Crippen LogP contribution in [-0.4, -0.2) is 22.2 Å². The number of allylic oxidation sites excluding steroid dienone is 1. The number of hydrogen-bond donors (Lipinski definition) is 2. The van der Waals surface area contributed by atoms with E-state index in [-0.39, 0.29) is 0 Å². The molecule has 0 fully saturated rings. The third-order valence-corrected chi connectivity index (χ3v) is 4.35. The summed E-state index contributed by atoms with van der Waals surface area (Å²) in [4.78, 5) is 22.6. The highest BCUT2D eigenvalue weighted by Crippen LogP contribution is 2.25. The second-order valence-electron chi connectivity index (χ2n) is 6.45. The first-order chi connectivity index (χ1) is 11.6. The van der Waals surface area contributed by atoms with Crippen LogP contribution in [0.25, 0.3) is 11.6 Å². The van der Waals surface area contributed by atoms with Crippen molar-refractivity contribution in [2.75, 3.05) is 0 Å². The van der Waals surface area contributed by atoms with E-state index < -0.39 is 11.9 Å². The van der Waals surface area contributed by atoms with Crippen LogP contribution in [0.15, 0.2) is 24.3 Å². The molecule has 0 bridgehead atoms. The molecule has 0 aromatic heterocycles. The molecule has 0 atom stereocenters. The van der Waals surface area contributed by atoms with Crippen molar-refractivity contribution in [3.8, 4) is 0 Å². The Kier molecular flexibility index (Phi) is 5.12. The Labute approximate surface area is 147 Å². The van der Waals surface area contributed by atoms with Gasteiger partial charge in [0.05, 0.1) is 11.1 Å². The van der Waals surface area contributed by atoms with Crippen molar-refractivity contribution in [2.24, 2.45) is 0 Å². The molecule has 0 heterocycles. The fourth-order valence-corrected chi connectivity index (χ4v) is 3.28. The summed E-state index contributed by atoms with van der Waals surface area (Å²) in [6.45, 7) is 9.13. The van der Waals surface area contributed by atoms with Crippen LogP contribution in [0.5, 0.6) is 0 Å². The molecule has 0 radical (unpaired) electrons. The van der Waals surface area contributed by atoms with E-state index in [2.05, 4.69) is 0 Å². The lowest BCUT2D eigenvalue weighted by molar-refractivity contribution is 0.0684. The van der Waals surface area contributed by atoms with E-state index >= 15 is 0 Å². The lowest BCUT2D eigenvalue weighted by atomic mass is 9.94. The van der Waals surface area contributed by atoms with Gasteiger partial charge in [0.1, 0.15) is 0 Å². The average Bonchev–Trinajstić information content (AvgIpc) is 2.44. The standard InChI is InChI=1S/C21H22O4/c1-11(17-9-14(4)19(21(24)25)15(5)10-17)6-16-7-12(2)18(20(22)23)13(3)8-16/h6-10H,1-5H3,(H,22,23)(H,24,25)/b11-6+. The number of benzene rings is 2. The van der Waals surface area contributed by atoms with Crippen LogP contribution in [0.3, 0.4) is 0 Å². The van der Waals surface area contributed by atoms with E-state index in [1.54, 1.807) is 27.7 Å². The maximum Gasteiger partial charge on any atom is 0.336 e. The molecular formula is C21H22O4. The zero-order valence-corrected chi connectivity index (χ0v) is 15.1. The molecule has 2 N–H and O–H groups in total. The minimum absolute atomic E-state index is 0.340. The smallest absolute Gasteiger partial charge is 0.336 e.